The normalized spacial score (nSPS) is 14.4. The first kappa shape index (κ1) is 19.0. The first-order valence-corrected chi connectivity index (χ1v) is 9.14. The lowest BCUT2D eigenvalue weighted by molar-refractivity contribution is -0.125. The maximum absolute atomic E-state index is 12.4. The topological polar surface area (TPSA) is 42.0 Å². The highest BCUT2D eigenvalue weighted by atomic mass is 16.5. The van der Waals surface area contributed by atoms with E-state index in [9.17, 15) is 4.79 Å². The third-order valence-corrected chi connectivity index (χ3v) is 4.62. The van der Waals surface area contributed by atoms with Crippen LogP contribution >= 0.6 is 0 Å². The largest absolute Gasteiger partial charge is 0.497 e. The van der Waals surface area contributed by atoms with Gasteiger partial charge in [0.25, 0.3) is 0 Å². The van der Waals surface area contributed by atoms with Gasteiger partial charge in [-0.1, -0.05) is 24.3 Å². The SMILES string of the molecule is COc1cccc(/C=C/C(=O)N(C)Cc2ccc(N3CCOCC3)cc2)c1. The molecule has 142 valence electrons. The number of methoxy groups -OCH3 is 1. The summed E-state index contributed by atoms with van der Waals surface area (Å²) in [5, 5.41) is 0. The number of morpholine rings is 1. The second-order valence-electron chi connectivity index (χ2n) is 6.57. The number of carbonyl (C=O) groups is 1. The molecule has 0 unspecified atom stereocenters. The molecule has 0 N–H and O–H groups in total. The van der Waals surface area contributed by atoms with Crippen molar-refractivity contribution in [1.82, 2.24) is 4.90 Å². The zero-order valence-electron chi connectivity index (χ0n) is 15.9. The summed E-state index contributed by atoms with van der Waals surface area (Å²) >= 11 is 0. The summed E-state index contributed by atoms with van der Waals surface area (Å²) in [4.78, 5) is 16.4. The number of hydrogen-bond acceptors (Lipinski definition) is 4. The van der Waals surface area contributed by atoms with Crippen molar-refractivity contribution in [2.24, 2.45) is 0 Å². The van der Waals surface area contributed by atoms with Crippen LogP contribution in [0.4, 0.5) is 5.69 Å². The van der Waals surface area contributed by atoms with E-state index in [1.807, 2.05) is 37.4 Å². The fourth-order valence-electron chi connectivity index (χ4n) is 3.03. The molecule has 27 heavy (non-hydrogen) atoms. The molecule has 0 aliphatic carbocycles. The number of likely N-dealkylation sites (N-methyl/N-ethyl adjacent to an activating group) is 1. The Balaban J connectivity index is 1.56. The number of anilines is 1. The lowest BCUT2D eigenvalue weighted by Crippen LogP contribution is -2.36. The first-order valence-electron chi connectivity index (χ1n) is 9.14. The lowest BCUT2D eigenvalue weighted by atomic mass is 10.1. The summed E-state index contributed by atoms with van der Waals surface area (Å²) in [6.07, 6.45) is 3.40. The monoisotopic (exact) mass is 366 g/mol. The number of benzene rings is 2. The molecule has 0 aromatic heterocycles. The molecule has 1 heterocycles. The van der Waals surface area contributed by atoms with Crippen LogP contribution in [0, 0.1) is 0 Å². The Morgan fingerprint density at radius 1 is 1.19 bits per heavy atom. The number of rotatable bonds is 6. The van der Waals surface area contributed by atoms with E-state index in [-0.39, 0.29) is 5.91 Å². The second kappa shape index (κ2) is 9.24. The molecular weight excluding hydrogens is 340 g/mol. The van der Waals surface area contributed by atoms with Crippen LogP contribution in [0.1, 0.15) is 11.1 Å². The van der Waals surface area contributed by atoms with E-state index in [1.54, 1.807) is 18.1 Å². The summed E-state index contributed by atoms with van der Waals surface area (Å²) in [7, 11) is 3.44. The Bertz CT molecular complexity index is 780. The van der Waals surface area contributed by atoms with Gasteiger partial charge in [0.05, 0.1) is 20.3 Å². The van der Waals surface area contributed by atoms with Gasteiger partial charge in [0, 0.05) is 38.4 Å². The Hall–Kier alpha value is -2.79. The summed E-state index contributed by atoms with van der Waals surface area (Å²) in [6.45, 7) is 3.97. The van der Waals surface area contributed by atoms with Gasteiger partial charge < -0.3 is 19.3 Å². The van der Waals surface area contributed by atoms with E-state index >= 15 is 0 Å². The van der Waals surface area contributed by atoms with E-state index in [4.69, 9.17) is 9.47 Å². The van der Waals surface area contributed by atoms with Gasteiger partial charge in [0.2, 0.25) is 5.91 Å². The first-order chi connectivity index (χ1) is 13.2. The van der Waals surface area contributed by atoms with Crippen molar-refractivity contribution in [2.45, 2.75) is 6.54 Å². The molecule has 0 radical (unpaired) electrons. The van der Waals surface area contributed by atoms with Crippen LogP contribution in [-0.4, -0.2) is 51.3 Å². The minimum absolute atomic E-state index is 0.0323. The average Bonchev–Trinajstić information content (AvgIpc) is 2.73. The van der Waals surface area contributed by atoms with Gasteiger partial charge in [0.1, 0.15) is 5.75 Å². The molecular formula is C22H26N2O3. The second-order valence-corrected chi connectivity index (χ2v) is 6.57. The van der Waals surface area contributed by atoms with Gasteiger partial charge in [-0.15, -0.1) is 0 Å². The molecule has 0 spiro atoms. The zero-order chi connectivity index (χ0) is 19.1. The molecule has 1 aliphatic rings. The van der Waals surface area contributed by atoms with Gasteiger partial charge in [-0.25, -0.2) is 0 Å². The van der Waals surface area contributed by atoms with Crippen LogP contribution in [0.15, 0.2) is 54.6 Å². The number of hydrogen-bond donors (Lipinski definition) is 0. The molecule has 0 bridgehead atoms. The van der Waals surface area contributed by atoms with Crippen molar-refractivity contribution < 1.29 is 14.3 Å². The highest BCUT2D eigenvalue weighted by Crippen LogP contribution is 2.18. The summed E-state index contributed by atoms with van der Waals surface area (Å²) in [5.74, 6) is 0.744. The molecule has 2 aromatic carbocycles. The van der Waals surface area contributed by atoms with E-state index < -0.39 is 0 Å². The minimum Gasteiger partial charge on any atom is -0.497 e. The summed E-state index contributed by atoms with van der Waals surface area (Å²) in [5.41, 5.74) is 3.25. The average molecular weight is 366 g/mol. The summed E-state index contributed by atoms with van der Waals surface area (Å²) < 4.78 is 10.6. The molecule has 1 amide bonds. The standard InChI is InChI=1S/C22H26N2O3/c1-23(22(25)11-8-18-4-3-5-21(16-18)26-2)17-19-6-9-20(10-7-19)24-12-14-27-15-13-24/h3-11,16H,12-15,17H2,1-2H3/b11-8+. The molecule has 1 saturated heterocycles. The summed E-state index contributed by atoms with van der Waals surface area (Å²) in [6, 6.07) is 16.0. The van der Waals surface area contributed by atoms with Crippen LogP contribution in [0.3, 0.4) is 0 Å². The molecule has 0 atom stereocenters. The quantitative estimate of drug-likeness (QED) is 0.737. The lowest BCUT2D eigenvalue weighted by Gasteiger charge is -2.29. The molecule has 1 aliphatic heterocycles. The Labute approximate surface area is 160 Å². The molecule has 5 heteroatoms. The fourth-order valence-corrected chi connectivity index (χ4v) is 3.03. The van der Waals surface area contributed by atoms with Crippen LogP contribution in [0.2, 0.25) is 0 Å². The molecule has 0 saturated carbocycles. The van der Waals surface area contributed by atoms with Gasteiger partial charge in [-0.05, 0) is 41.5 Å². The van der Waals surface area contributed by atoms with Gasteiger partial charge >= 0.3 is 0 Å². The van der Waals surface area contributed by atoms with Gasteiger partial charge in [0.15, 0.2) is 0 Å². The third kappa shape index (κ3) is 5.34. The van der Waals surface area contributed by atoms with E-state index in [1.165, 1.54) is 5.69 Å². The van der Waals surface area contributed by atoms with Crippen LogP contribution in [-0.2, 0) is 16.1 Å². The van der Waals surface area contributed by atoms with Crippen molar-refractivity contribution in [2.75, 3.05) is 45.4 Å². The van der Waals surface area contributed by atoms with Crippen molar-refractivity contribution in [3.8, 4) is 5.75 Å². The molecule has 1 fully saturated rings. The van der Waals surface area contributed by atoms with Crippen molar-refractivity contribution in [3.63, 3.8) is 0 Å². The number of carbonyl (C=O) groups excluding carboxylic acids is 1. The van der Waals surface area contributed by atoms with Crippen molar-refractivity contribution in [1.29, 1.82) is 0 Å². The maximum atomic E-state index is 12.4. The molecule has 5 nitrogen and oxygen atoms in total. The molecule has 3 rings (SSSR count). The predicted molar refractivity (Wildman–Crippen MR) is 108 cm³/mol. The number of ether oxygens (including phenoxy) is 2. The fraction of sp³-hybridized carbons (Fsp3) is 0.318. The van der Waals surface area contributed by atoms with E-state index in [0.29, 0.717) is 6.54 Å². The van der Waals surface area contributed by atoms with Crippen molar-refractivity contribution in [3.05, 3.63) is 65.7 Å². The third-order valence-electron chi connectivity index (χ3n) is 4.62. The van der Waals surface area contributed by atoms with Crippen LogP contribution in [0.25, 0.3) is 6.08 Å². The Kier molecular flexibility index (Phi) is 6.49. The maximum Gasteiger partial charge on any atom is 0.246 e. The zero-order valence-corrected chi connectivity index (χ0v) is 15.9. The van der Waals surface area contributed by atoms with Crippen LogP contribution < -0.4 is 9.64 Å². The van der Waals surface area contributed by atoms with Crippen molar-refractivity contribution >= 4 is 17.7 Å². The number of nitrogens with zero attached hydrogens (tertiary/aromatic N) is 2. The smallest absolute Gasteiger partial charge is 0.246 e. The Morgan fingerprint density at radius 2 is 1.93 bits per heavy atom. The predicted octanol–water partition coefficient (Wildman–Crippen LogP) is 3.20. The molecule has 2 aromatic rings. The van der Waals surface area contributed by atoms with Gasteiger partial charge in [-0.2, -0.15) is 0 Å². The Morgan fingerprint density at radius 3 is 2.63 bits per heavy atom. The minimum atomic E-state index is -0.0323. The van der Waals surface area contributed by atoms with E-state index in [2.05, 4.69) is 29.2 Å². The highest BCUT2D eigenvalue weighted by molar-refractivity contribution is 5.91. The van der Waals surface area contributed by atoms with Gasteiger partial charge in [-0.3, -0.25) is 4.79 Å². The highest BCUT2D eigenvalue weighted by Gasteiger charge is 2.11. The van der Waals surface area contributed by atoms with E-state index in [0.717, 1.165) is 43.2 Å². The van der Waals surface area contributed by atoms with Crippen LogP contribution in [0.5, 0.6) is 5.75 Å². The number of amides is 1.